The zero-order valence-electron chi connectivity index (χ0n) is 11.2. The first-order valence-electron chi connectivity index (χ1n) is 6.38. The Balaban J connectivity index is 2.39. The molecule has 5 heteroatoms. The smallest absolute Gasteiger partial charge is 0.0916 e. The van der Waals surface area contributed by atoms with Gasteiger partial charge < -0.3 is 14.8 Å². The summed E-state index contributed by atoms with van der Waals surface area (Å²) in [4.78, 5) is 0. The molecule has 0 aromatic heterocycles. The molecule has 3 nitrogen and oxygen atoms in total. The van der Waals surface area contributed by atoms with E-state index in [9.17, 15) is 0 Å². The van der Waals surface area contributed by atoms with E-state index in [4.69, 9.17) is 32.7 Å². The Hall–Kier alpha value is -0.320. The van der Waals surface area contributed by atoms with Gasteiger partial charge in [0.1, 0.15) is 0 Å². The molecule has 1 heterocycles. The Bertz CT molecular complexity index is 433. The SMILES string of the molecule is CNC(c1cc(Cl)ccc1Cl)C1(OC)CCOCC1. The average Bonchev–Trinajstić information content (AvgIpc) is 2.44. The highest BCUT2D eigenvalue weighted by Crippen LogP contribution is 2.40. The molecule has 1 unspecified atom stereocenters. The van der Waals surface area contributed by atoms with Gasteiger partial charge in [0.15, 0.2) is 0 Å². The molecule has 0 spiro atoms. The molecular formula is C14H19Cl2NO2. The molecule has 1 atom stereocenters. The van der Waals surface area contributed by atoms with Crippen LogP contribution in [0.4, 0.5) is 0 Å². The van der Waals surface area contributed by atoms with Gasteiger partial charge in [-0.25, -0.2) is 0 Å². The fraction of sp³-hybridized carbons (Fsp3) is 0.571. The van der Waals surface area contributed by atoms with Crippen LogP contribution < -0.4 is 5.32 Å². The van der Waals surface area contributed by atoms with Gasteiger partial charge in [-0.2, -0.15) is 0 Å². The van der Waals surface area contributed by atoms with E-state index in [1.165, 1.54) is 0 Å². The number of nitrogens with one attached hydrogen (secondary N) is 1. The highest BCUT2D eigenvalue weighted by atomic mass is 35.5. The number of hydrogen-bond acceptors (Lipinski definition) is 3. The molecule has 1 saturated heterocycles. The number of rotatable bonds is 4. The number of likely N-dealkylation sites (N-methyl/N-ethyl adjacent to an activating group) is 1. The van der Waals surface area contributed by atoms with Crippen molar-refractivity contribution in [3.8, 4) is 0 Å². The van der Waals surface area contributed by atoms with Gasteiger partial charge >= 0.3 is 0 Å². The minimum absolute atomic E-state index is 0.00685. The van der Waals surface area contributed by atoms with Crippen molar-refractivity contribution in [3.63, 3.8) is 0 Å². The Morgan fingerprint density at radius 3 is 2.58 bits per heavy atom. The highest BCUT2D eigenvalue weighted by Gasteiger charge is 2.41. The third-order valence-corrected chi connectivity index (χ3v) is 4.41. The maximum atomic E-state index is 6.32. The van der Waals surface area contributed by atoms with E-state index in [0.717, 1.165) is 18.4 Å². The van der Waals surface area contributed by atoms with Crippen LogP contribution in [0.3, 0.4) is 0 Å². The summed E-state index contributed by atoms with van der Waals surface area (Å²) < 4.78 is 11.3. The monoisotopic (exact) mass is 303 g/mol. The lowest BCUT2D eigenvalue weighted by Gasteiger charge is -2.42. The van der Waals surface area contributed by atoms with Gasteiger partial charge in [0.05, 0.1) is 11.6 Å². The van der Waals surface area contributed by atoms with Crippen molar-refractivity contribution in [3.05, 3.63) is 33.8 Å². The van der Waals surface area contributed by atoms with Crippen LogP contribution >= 0.6 is 23.2 Å². The predicted molar refractivity (Wildman–Crippen MR) is 78.1 cm³/mol. The molecule has 1 aliphatic rings. The van der Waals surface area contributed by atoms with Crippen LogP contribution in [0.2, 0.25) is 10.0 Å². The number of methoxy groups -OCH3 is 1. The van der Waals surface area contributed by atoms with Gasteiger partial charge in [0, 0.05) is 43.2 Å². The summed E-state index contributed by atoms with van der Waals surface area (Å²) in [6, 6.07) is 5.52. The lowest BCUT2D eigenvalue weighted by atomic mass is 9.82. The summed E-state index contributed by atoms with van der Waals surface area (Å²) >= 11 is 12.4. The van der Waals surface area contributed by atoms with Crippen LogP contribution in [0.1, 0.15) is 24.4 Å². The Kier molecular flexibility index (Phi) is 5.09. The third-order valence-electron chi connectivity index (χ3n) is 3.83. The van der Waals surface area contributed by atoms with Crippen molar-refractivity contribution in [2.45, 2.75) is 24.5 Å². The van der Waals surface area contributed by atoms with Crippen LogP contribution in [-0.2, 0) is 9.47 Å². The summed E-state index contributed by atoms with van der Waals surface area (Å²) in [5.41, 5.74) is 0.668. The molecule has 19 heavy (non-hydrogen) atoms. The Morgan fingerprint density at radius 1 is 1.32 bits per heavy atom. The number of benzene rings is 1. The molecule has 106 valence electrons. The quantitative estimate of drug-likeness (QED) is 0.924. The molecule has 2 rings (SSSR count). The molecule has 0 bridgehead atoms. The maximum absolute atomic E-state index is 6.32. The molecule has 1 aromatic carbocycles. The molecule has 0 amide bonds. The fourth-order valence-electron chi connectivity index (χ4n) is 2.77. The molecule has 0 aliphatic carbocycles. The van der Waals surface area contributed by atoms with E-state index >= 15 is 0 Å². The minimum atomic E-state index is -0.304. The van der Waals surface area contributed by atoms with Gasteiger partial charge in [-0.3, -0.25) is 0 Å². The van der Waals surface area contributed by atoms with Gasteiger partial charge in [0.25, 0.3) is 0 Å². The van der Waals surface area contributed by atoms with Crippen molar-refractivity contribution in [1.29, 1.82) is 0 Å². The summed E-state index contributed by atoms with van der Waals surface area (Å²) in [7, 11) is 3.66. The largest absolute Gasteiger partial charge is 0.381 e. The van der Waals surface area contributed by atoms with Gasteiger partial charge in [-0.15, -0.1) is 0 Å². The second-order valence-electron chi connectivity index (χ2n) is 4.77. The van der Waals surface area contributed by atoms with Crippen molar-refractivity contribution < 1.29 is 9.47 Å². The van der Waals surface area contributed by atoms with E-state index < -0.39 is 0 Å². The van der Waals surface area contributed by atoms with E-state index in [1.54, 1.807) is 13.2 Å². The highest BCUT2D eigenvalue weighted by molar-refractivity contribution is 6.33. The number of halogens is 2. The first-order chi connectivity index (χ1) is 9.13. The lowest BCUT2D eigenvalue weighted by molar-refractivity contribution is -0.110. The minimum Gasteiger partial charge on any atom is -0.381 e. The van der Waals surface area contributed by atoms with Crippen LogP contribution in [-0.4, -0.2) is 33.0 Å². The fourth-order valence-corrected chi connectivity index (χ4v) is 3.17. The molecule has 0 saturated carbocycles. The zero-order valence-corrected chi connectivity index (χ0v) is 12.7. The first kappa shape index (κ1) is 15.1. The summed E-state index contributed by atoms with van der Waals surface area (Å²) in [5, 5.41) is 4.70. The number of ether oxygens (including phenoxy) is 2. The Labute approximate surface area is 124 Å². The summed E-state index contributed by atoms with van der Waals surface area (Å²) in [5.74, 6) is 0. The standard InChI is InChI=1S/C14H19Cl2NO2/c1-17-13(11-9-10(15)3-4-12(11)16)14(18-2)5-7-19-8-6-14/h3-4,9,13,17H,5-8H2,1-2H3. The lowest BCUT2D eigenvalue weighted by Crippen LogP contribution is -2.48. The van der Waals surface area contributed by atoms with Crippen LogP contribution in [0.15, 0.2) is 18.2 Å². The molecular weight excluding hydrogens is 285 g/mol. The van der Waals surface area contributed by atoms with E-state index in [2.05, 4.69) is 5.32 Å². The normalized spacial score (nSPS) is 20.2. The van der Waals surface area contributed by atoms with E-state index in [1.807, 2.05) is 19.2 Å². The van der Waals surface area contributed by atoms with Crippen LogP contribution in [0, 0.1) is 0 Å². The van der Waals surface area contributed by atoms with Gasteiger partial charge in [-0.1, -0.05) is 23.2 Å². The first-order valence-corrected chi connectivity index (χ1v) is 7.13. The van der Waals surface area contributed by atoms with Crippen LogP contribution in [0.5, 0.6) is 0 Å². The predicted octanol–water partition coefficient (Wildman–Crippen LogP) is 3.45. The zero-order chi connectivity index (χ0) is 13.9. The van der Waals surface area contributed by atoms with Gasteiger partial charge in [0.2, 0.25) is 0 Å². The van der Waals surface area contributed by atoms with Crippen molar-refractivity contribution in [2.75, 3.05) is 27.4 Å². The number of hydrogen-bond donors (Lipinski definition) is 1. The van der Waals surface area contributed by atoms with Crippen molar-refractivity contribution in [2.24, 2.45) is 0 Å². The summed E-state index contributed by atoms with van der Waals surface area (Å²) in [6.45, 7) is 1.40. The maximum Gasteiger partial charge on any atom is 0.0916 e. The second kappa shape index (κ2) is 6.42. The molecule has 1 aromatic rings. The van der Waals surface area contributed by atoms with Crippen LogP contribution in [0.25, 0.3) is 0 Å². The summed E-state index contributed by atoms with van der Waals surface area (Å²) in [6.07, 6.45) is 1.66. The third kappa shape index (κ3) is 3.06. The molecule has 1 fully saturated rings. The Morgan fingerprint density at radius 2 is 2.00 bits per heavy atom. The molecule has 0 radical (unpaired) electrons. The van der Waals surface area contributed by atoms with E-state index in [-0.39, 0.29) is 11.6 Å². The van der Waals surface area contributed by atoms with Crippen molar-refractivity contribution in [1.82, 2.24) is 5.32 Å². The topological polar surface area (TPSA) is 30.5 Å². The molecule has 1 aliphatic heterocycles. The molecule has 1 N–H and O–H groups in total. The average molecular weight is 304 g/mol. The van der Waals surface area contributed by atoms with E-state index in [0.29, 0.717) is 23.3 Å². The second-order valence-corrected chi connectivity index (χ2v) is 5.61. The van der Waals surface area contributed by atoms with Gasteiger partial charge in [-0.05, 0) is 30.8 Å². The van der Waals surface area contributed by atoms with Crippen molar-refractivity contribution >= 4 is 23.2 Å².